The van der Waals surface area contributed by atoms with Crippen molar-refractivity contribution >= 4 is 46.2 Å². The van der Waals surface area contributed by atoms with Crippen LogP contribution in [-0.2, 0) is 16.0 Å². The Morgan fingerprint density at radius 1 is 1.18 bits per heavy atom. The molecule has 0 N–H and O–H groups in total. The number of aryl methyl sites for hydroxylation is 1. The van der Waals surface area contributed by atoms with Crippen LogP contribution in [-0.4, -0.2) is 70.6 Å². The quantitative estimate of drug-likeness (QED) is 0.526. The van der Waals surface area contributed by atoms with Gasteiger partial charge in [0, 0.05) is 39.1 Å². The van der Waals surface area contributed by atoms with E-state index in [-0.39, 0.29) is 11.8 Å². The number of hydrogen-bond acceptors (Lipinski definition) is 5. The molecule has 0 bridgehead atoms. The largest absolute Gasteiger partial charge is 0.340 e. The molecule has 150 valence electrons. The normalized spacial score (nSPS) is 19.7. The van der Waals surface area contributed by atoms with Crippen LogP contribution >= 0.6 is 24.0 Å². The number of amides is 2. The molecule has 1 aromatic rings. The van der Waals surface area contributed by atoms with Crippen LogP contribution < -0.4 is 0 Å². The number of piperazine rings is 1. The average molecular weight is 418 g/mol. The molecular formula is C21H27N3O2S2. The highest BCUT2D eigenvalue weighted by Crippen LogP contribution is 2.32. The third-order valence-electron chi connectivity index (χ3n) is 5.19. The fraction of sp³-hybridized carbons (Fsp3) is 0.476. The van der Waals surface area contributed by atoms with Gasteiger partial charge in [0.25, 0.3) is 5.91 Å². The second kappa shape index (κ2) is 9.67. The summed E-state index contributed by atoms with van der Waals surface area (Å²) >= 11 is 6.74. The number of nitrogens with zero attached hydrogens (tertiary/aromatic N) is 3. The standard InChI is InChI=1S/C21H27N3O2S2/c1-3-16-6-8-17(9-7-16)15-18-20(26)24(21(27)28-18)10-4-5-19(25)23-13-11-22(2)12-14-23/h6-9,15H,3-5,10-14H2,1-2H3/b18-15-. The topological polar surface area (TPSA) is 43.9 Å². The molecule has 0 aliphatic carbocycles. The molecule has 0 unspecified atom stereocenters. The Bertz CT molecular complexity index is 768. The monoisotopic (exact) mass is 417 g/mol. The lowest BCUT2D eigenvalue weighted by Crippen LogP contribution is -2.47. The molecule has 0 radical (unpaired) electrons. The molecule has 2 saturated heterocycles. The van der Waals surface area contributed by atoms with E-state index in [1.165, 1.54) is 17.3 Å². The van der Waals surface area contributed by atoms with Crippen LogP contribution in [0.1, 0.15) is 30.9 Å². The van der Waals surface area contributed by atoms with Crippen molar-refractivity contribution in [3.8, 4) is 0 Å². The van der Waals surface area contributed by atoms with Gasteiger partial charge in [0.2, 0.25) is 5.91 Å². The highest BCUT2D eigenvalue weighted by molar-refractivity contribution is 8.26. The van der Waals surface area contributed by atoms with E-state index >= 15 is 0 Å². The SMILES string of the molecule is CCc1ccc(/C=C2\SC(=S)N(CCCC(=O)N3CCN(C)CC3)C2=O)cc1. The number of thiocarbonyl (C=S) groups is 1. The van der Waals surface area contributed by atoms with E-state index in [0.717, 1.165) is 38.2 Å². The molecule has 1 aromatic carbocycles. The number of hydrogen-bond donors (Lipinski definition) is 0. The van der Waals surface area contributed by atoms with Crippen LogP contribution in [0.2, 0.25) is 0 Å². The lowest BCUT2D eigenvalue weighted by atomic mass is 10.1. The zero-order valence-electron chi connectivity index (χ0n) is 16.5. The maximum Gasteiger partial charge on any atom is 0.266 e. The number of rotatable bonds is 6. The van der Waals surface area contributed by atoms with Crippen molar-refractivity contribution in [1.82, 2.24) is 14.7 Å². The van der Waals surface area contributed by atoms with E-state index < -0.39 is 0 Å². The highest BCUT2D eigenvalue weighted by atomic mass is 32.2. The van der Waals surface area contributed by atoms with E-state index in [4.69, 9.17) is 12.2 Å². The molecule has 2 aliphatic heterocycles. The van der Waals surface area contributed by atoms with E-state index in [0.29, 0.717) is 28.6 Å². The first-order chi connectivity index (χ1) is 13.5. The van der Waals surface area contributed by atoms with E-state index in [1.807, 2.05) is 23.1 Å². The van der Waals surface area contributed by atoms with Crippen LogP contribution in [0, 0.1) is 0 Å². The molecule has 2 amide bonds. The molecular weight excluding hydrogens is 390 g/mol. The predicted molar refractivity (Wildman–Crippen MR) is 119 cm³/mol. The molecule has 2 aliphatic rings. The molecule has 0 atom stereocenters. The summed E-state index contributed by atoms with van der Waals surface area (Å²) < 4.78 is 0.577. The van der Waals surface area contributed by atoms with Gasteiger partial charge in [-0.2, -0.15) is 0 Å². The second-order valence-corrected chi connectivity index (χ2v) is 8.89. The zero-order valence-corrected chi connectivity index (χ0v) is 18.2. The van der Waals surface area contributed by atoms with Crippen LogP contribution in [0.15, 0.2) is 29.2 Å². The lowest BCUT2D eigenvalue weighted by Gasteiger charge is -2.32. The maximum absolute atomic E-state index is 12.7. The van der Waals surface area contributed by atoms with Crippen molar-refractivity contribution in [3.63, 3.8) is 0 Å². The van der Waals surface area contributed by atoms with Crippen LogP contribution in [0.5, 0.6) is 0 Å². The second-order valence-electron chi connectivity index (χ2n) is 7.22. The Kier molecular flexibility index (Phi) is 7.26. The summed E-state index contributed by atoms with van der Waals surface area (Å²) in [5.74, 6) is 0.117. The van der Waals surface area contributed by atoms with Gasteiger partial charge in [-0.15, -0.1) is 0 Å². The Balaban J connectivity index is 1.52. The third kappa shape index (κ3) is 5.21. The van der Waals surface area contributed by atoms with Crippen molar-refractivity contribution in [2.24, 2.45) is 0 Å². The minimum absolute atomic E-state index is 0.0541. The average Bonchev–Trinajstić information content (AvgIpc) is 2.96. The number of carbonyl (C=O) groups is 2. The summed E-state index contributed by atoms with van der Waals surface area (Å²) in [5.41, 5.74) is 2.28. The van der Waals surface area contributed by atoms with E-state index in [2.05, 4.69) is 31.0 Å². The number of likely N-dealkylation sites (N-methyl/N-ethyl adjacent to an activating group) is 1. The third-order valence-corrected chi connectivity index (χ3v) is 6.57. The van der Waals surface area contributed by atoms with Crippen molar-refractivity contribution in [3.05, 3.63) is 40.3 Å². The first kappa shape index (κ1) is 21.0. The van der Waals surface area contributed by atoms with Gasteiger partial charge < -0.3 is 9.80 Å². The Labute approximate surface area is 176 Å². The Morgan fingerprint density at radius 3 is 2.50 bits per heavy atom. The molecule has 3 rings (SSSR count). The van der Waals surface area contributed by atoms with Crippen LogP contribution in [0.4, 0.5) is 0 Å². The van der Waals surface area contributed by atoms with Gasteiger partial charge in [-0.05, 0) is 37.1 Å². The summed E-state index contributed by atoms with van der Waals surface area (Å²) in [5, 5.41) is 0. The van der Waals surface area contributed by atoms with Crippen LogP contribution in [0.25, 0.3) is 6.08 Å². The van der Waals surface area contributed by atoms with E-state index in [9.17, 15) is 9.59 Å². The predicted octanol–water partition coefficient (Wildman–Crippen LogP) is 3.00. The summed E-state index contributed by atoms with van der Waals surface area (Å²) in [6.07, 6.45) is 3.98. The van der Waals surface area contributed by atoms with Gasteiger partial charge >= 0.3 is 0 Å². The summed E-state index contributed by atoms with van der Waals surface area (Å²) in [6.45, 7) is 6.03. The fourth-order valence-corrected chi connectivity index (χ4v) is 4.60. The van der Waals surface area contributed by atoms with Crippen LogP contribution in [0.3, 0.4) is 0 Å². The first-order valence-electron chi connectivity index (χ1n) is 9.78. The number of carbonyl (C=O) groups excluding carboxylic acids is 2. The fourth-order valence-electron chi connectivity index (χ4n) is 3.30. The first-order valence-corrected chi connectivity index (χ1v) is 11.0. The molecule has 7 heteroatoms. The highest BCUT2D eigenvalue weighted by Gasteiger charge is 2.31. The molecule has 0 spiro atoms. The molecule has 28 heavy (non-hydrogen) atoms. The van der Waals surface area contributed by atoms with E-state index in [1.54, 1.807) is 4.90 Å². The minimum atomic E-state index is -0.0541. The molecule has 0 saturated carbocycles. The number of benzene rings is 1. The molecule has 0 aromatic heterocycles. The summed E-state index contributed by atoms with van der Waals surface area (Å²) in [4.78, 5) is 31.5. The Morgan fingerprint density at radius 2 is 1.86 bits per heavy atom. The smallest absolute Gasteiger partial charge is 0.266 e. The summed E-state index contributed by atoms with van der Waals surface area (Å²) in [7, 11) is 2.07. The van der Waals surface area contributed by atoms with Gasteiger partial charge in [-0.3, -0.25) is 14.5 Å². The molecule has 2 fully saturated rings. The van der Waals surface area contributed by atoms with Crippen molar-refractivity contribution in [1.29, 1.82) is 0 Å². The number of thioether (sulfide) groups is 1. The van der Waals surface area contributed by atoms with Gasteiger partial charge in [-0.25, -0.2) is 0 Å². The summed E-state index contributed by atoms with van der Waals surface area (Å²) in [6, 6.07) is 8.22. The van der Waals surface area contributed by atoms with Crippen molar-refractivity contribution in [2.45, 2.75) is 26.2 Å². The maximum atomic E-state index is 12.7. The van der Waals surface area contributed by atoms with Gasteiger partial charge in [-0.1, -0.05) is 55.2 Å². The lowest BCUT2D eigenvalue weighted by molar-refractivity contribution is -0.133. The molecule has 5 nitrogen and oxygen atoms in total. The minimum Gasteiger partial charge on any atom is -0.340 e. The van der Waals surface area contributed by atoms with Crippen molar-refractivity contribution < 1.29 is 9.59 Å². The Hall–Kier alpha value is -1.70. The molecule has 2 heterocycles. The van der Waals surface area contributed by atoms with Crippen molar-refractivity contribution in [2.75, 3.05) is 39.8 Å². The van der Waals surface area contributed by atoms with Gasteiger partial charge in [0.15, 0.2) is 0 Å². The van der Waals surface area contributed by atoms with Gasteiger partial charge in [0.05, 0.1) is 4.91 Å². The van der Waals surface area contributed by atoms with Gasteiger partial charge in [0.1, 0.15) is 4.32 Å². The zero-order chi connectivity index (χ0) is 20.1.